The highest BCUT2D eigenvalue weighted by Crippen LogP contribution is 2.24. The number of ether oxygens (including phenoxy) is 1. The number of aromatic nitrogens is 2. The maximum absolute atomic E-state index is 5.75. The van der Waals surface area contributed by atoms with Crippen molar-refractivity contribution in [1.82, 2.24) is 14.9 Å². The molecule has 0 saturated carbocycles. The summed E-state index contributed by atoms with van der Waals surface area (Å²) in [4.78, 5) is 11.5. The van der Waals surface area contributed by atoms with Crippen molar-refractivity contribution in [3.05, 3.63) is 89.5 Å². The Kier molecular flexibility index (Phi) is 13.0. The summed E-state index contributed by atoms with van der Waals surface area (Å²) in [7, 11) is 1.77. The lowest BCUT2D eigenvalue weighted by atomic mass is 10.0. The fourth-order valence-electron chi connectivity index (χ4n) is 4.78. The van der Waals surface area contributed by atoms with E-state index in [0.717, 1.165) is 43.2 Å². The first-order chi connectivity index (χ1) is 17.8. The topological polar surface area (TPSA) is 38.2 Å². The second-order valence-corrected chi connectivity index (χ2v) is 9.87. The summed E-state index contributed by atoms with van der Waals surface area (Å²) in [6.07, 6.45) is 18.6. The van der Waals surface area contributed by atoms with Gasteiger partial charge in [-0.3, -0.25) is 14.9 Å². The lowest BCUT2D eigenvalue weighted by Crippen LogP contribution is -2.23. The predicted octanol–water partition coefficient (Wildman–Crippen LogP) is 8.15. The summed E-state index contributed by atoms with van der Waals surface area (Å²) in [5.74, 6) is 0.953. The molecule has 194 valence electrons. The zero-order chi connectivity index (χ0) is 25.3. The van der Waals surface area contributed by atoms with E-state index in [1.54, 1.807) is 7.11 Å². The summed E-state index contributed by atoms with van der Waals surface area (Å²) >= 11 is 0. The van der Waals surface area contributed by atoms with Crippen molar-refractivity contribution in [2.75, 3.05) is 7.11 Å². The predicted molar refractivity (Wildman–Crippen MR) is 150 cm³/mol. The summed E-state index contributed by atoms with van der Waals surface area (Å²) < 4.78 is 5.75. The molecule has 0 N–H and O–H groups in total. The van der Waals surface area contributed by atoms with Crippen molar-refractivity contribution in [2.45, 2.75) is 97.2 Å². The molecule has 3 aromatic rings. The Bertz CT molecular complexity index is 920. The number of nitrogens with zero attached hydrogens (tertiary/aromatic N) is 3. The third kappa shape index (κ3) is 10.5. The monoisotopic (exact) mass is 487 g/mol. The third-order valence-corrected chi connectivity index (χ3v) is 6.78. The molecule has 0 fully saturated rings. The molecule has 2 heterocycles. The molecule has 4 nitrogen and oxygen atoms in total. The lowest BCUT2D eigenvalue weighted by Gasteiger charge is -2.23. The molecule has 1 aromatic carbocycles. The van der Waals surface area contributed by atoms with Crippen LogP contribution in [0.25, 0.3) is 0 Å². The van der Waals surface area contributed by atoms with Gasteiger partial charge in [-0.05, 0) is 48.7 Å². The number of pyridine rings is 2. The molecule has 4 heteroatoms. The lowest BCUT2D eigenvalue weighted by molar-refractivity contribution is 0.238. The SMILES string of the molecule is CCCCCCCCCCCCc1ccc(OC)c(CN(Cc2ccccn2)Cc2ccccn2)c1. The van der Waals surface area contributed by atoms with Crippen LogP contribution in [0.2, 0.25) is 0 Å². The van der Waals surface area contributed by atoms with Crippen LogP contribution in [0.15, 0.2) is 67.0 Å². The van der Waals surface area contributed by atoms with E-state index in [1.807, 2.05) is 24.5 Å². The Morgan fingerprint density at radius 1 is 0.667 bits per heavy atom. The zero-order valence-electron chi connectivity index (χ0n) is 22.5. The summed E-state index contributed by atoms with van der Waals surface area (Å²) in [5, 5.41) is 0. The Morgan fingerprint density at radius 3 is 1.78 bits per heavy atom. The first kappa shape index (κ1) is 27.9. The van der Waals surface area contributed by atoms with Gasteiger partial charge >= 0.3 is 0 Å². The van der Waals surface area contributed by atoms with Crippen LogP contribution in [0.5, 0.6) is 5.75 Å². The van der Waals surface area contributed by atoms with Crippen molar-refractivity contribution < 1.29 is 4.74 Å². The van der Waals surface area contributed by atoms with Crippen molar-refractivity contribution in [1.29, 1.82) is 0 Å². The number of aryl methyl sites for hydroxylation is 1. The van der Waals surface area contributed by atoms with Gasteiger partial charge in [-0.25, -0.2) is 0 Å². The minimum atomic E-state index is 0.767. The minimum absolute atomic E-state index is 0.767. The average Bonchev–Trinajstić information content (AvgIpc) is 2.91. The minimum Gasteiger partial charge on any atom is -0.496 e. The number of benzene rings is 1. The highest BCUT2D eigenvalue weighted by molar-refractivity contribution is 5.37. The van der Waals surface area contributed by atoms with E-state index in [-0.39, 0.29) is 0 Å². The van der Waals surface area contributed by atoms with Gasteiger partial charge in [0.05, 0.1) is 18.5 Å². The van der Waals surface area contributed by atoms with Crippen LogP contribution in [-0.2, 0) is 26.1 Å². The highest BCUT2D eigenvalue weighted by atomic mass is 16.5. The number of rotatable bonds is 18. The molecule has 0 radical (unpaired) electrons. The Balaban J connectivity index is 1.54. The second-order valence-electron chi connectivity index (χ2n) is 9.87. The first-order valence-electron chi connectivity index (χ1n) is 14.0. The van der Waals surface area contributed by atoms with E-state index in [4.69, 9.17) is 4.74 Å². The van der Waals surface area contributed by atoms with E-state index in [1.165, 1.54) is 75.3 Å². The molecule has 0 amide bonds. The molecule has 0 bridgehead atoms. The van der Waals surface area contributed by atoms with Gasteiger partial charge in [-0.15, -0.1) is 0 Å². The van der Waals surface area contributed by atoms with Gasteiger partial charge in [0, 0.05) is 37.6 Å². The molecule has 0 saturated heterocycles. The second kappa shape index (κ2) is 16.9. The van der Waals surface area contributed by atoms with E-state index < -0.39 is 0 Å². The number of hydrogen-bond donors (Lipinski definition) is 0. The summed E-state index contributed by atoms with van der Waals surface area (Å²) in [6, 6.07) is 18.9. The zero-order valence-corrected chi connectivity index (χ0v) is 22.5. The van der Waals surface area contributed by atoms with Gasteiger partial charge < -0.3 is 4.74 Å². The molecule has 3 rings (SSSR count). The largest absolute Gasteiger partial charge is 0.496 e. The Hall–Kier alpha value is -2.72. The normalized spacial score (nSPS) is 11.2. The first-order valence-corrected chi connectivity index (χ1v) is 14.0. The third-order valence-electron chi connectivity index (χ3n) is 6.78. The Morgan fingerprint density at radius 2 is 1.25 bits per heavy atom. The smallest absolute Gasteiger partial charge is 0.123 e. The highest BCUT2D eigenvalue weighted by Gasteiger charge is 2.13. The van der Waals surface area contributed by atoms with E-state index in [0.29, 0.717) is 0 Å². The molecule has 0 spiro atoms. The molecular formula is C32H45N3O. The van der Waals surface area contributed by atoms with Gasteiger partial charge in [0.1, 0.15) is 5.75 Å². The Labute approximate surface area is 219 Å². The maximum Gasteiger partial charge on any atom is 0.123 e. The van der Waals surface area contributed by atoms with Crippen molar-refractivity contribution in [3.8, 4) is 5.75 Å². The van der Waals surface area contributed by atoms with Crippen LogP contribution in [0.1, 0.15) is 93.6 Å². The van der Waals surface area contributed by atoms with Gasteiger partial charge in [-0.2, -0.15) is 0 Å². The van der Waals surface area contributed by atoms with E-state index in [2.05, 4.69) is 64.3 Å². The van der Waals surface area contributed by atoms with Crippen molar-refractivity contribution in [2.24, 2.45) is 0 Å². The summed E-state index contributed by atoms with van der Waals surface area (Å²) in [5.41, 5.74) is 4.76. The fraction of sp³-hybridized carbons (Fsp3) is 0.500. The van der Waals surface area contributed by atoms with Crippen LogP contribution >= 0.6 is 0 Å². The van der Waals surface area contributed by atoms with E-state index in [9.17, 15) is 0 Å². The van der Waals surface area contributed by atoms with Gasteiger partial charge in [0.15, 0.2) is 0 Å². The summed E-state index contributed by atoms with van der Waals surface area (Å²) in [6.45, 7) is 4.61. The number of methoxy groups -OCH3 is 1. The van der Waals surface area contributed by atoms with Crippen molar-refractivity contribution >= 4 is 0 Å². The molecule has 0 aliphatic rings. The molecule has 2 aromatic heterocycles. The quantitative estimate of drug-likeness (QED) is 0.170. The van der Waals surface area contributed by atoms with Crippen molar-refractivity contribution in [3.63, 3.8) is 0 Å². The molecule has 0 aliphatic heterocycles. The standard InChI is InChI=1S/C32H45N3O/c1-3-4-5-6-7-8-9-10-11-12-17-28-20-21-32(36-2)29(24-28)25-35(26-30-18-13-15-22-33-30)27-31-19-14-16-23-34-31/h13-16,18-24H,3-12,17,25-27H2,1-2H3. The number of hydrogen-bond acceptors (Lipinski definition) is 4. The molecule has 0 unspecified atom stereocenters. The van der Waals surface area contributed by atoms with E-state index >= 15 is 0 Å². The van der Waals surface area contributed by atoms with Crippen LogP contribution < -0.4 is 4.74 Å². The number of unbranched alkanes of at least 4 members (excludes halogenated alkanes) is 9. The van der Waals surface area contributed by atoms with Crippen LogP contribution in [-0.4, -0.2) is 22.0 Å². The molecule has 0 aliphatic carbocycles. The van der Waals surface area contributed by atoms with Gasteiger partial charge in [-0.1, -0.05) is 89.0 Å². The van der Waals surface area contributed by atoms with Crippen LogP contribution in [0, 0.1) is 0 Å². The maximum atomic E-state index is 5.75. The molecule has 0 atom stereocenters. The van der Waals surface area contributed by atoms with Gasteiger partial charge in [0.25, 0.3) is 0 Å². The molecular weight excluding hydrogens is 442 g/mol. The fourth-order valence-corrected chi connectivity index (χ4v) is 4.78. The average molecular weight is 488 g/mol. The molecule has 36 heavy (non-hydrogen) atoms. The van der Waals surface area contributed by atoms with Gasteiger partial charge in [0.2, 0.25) is 0 Å². The van der Waals surface area contributed by atoms with Crippen LogP contribution in [0.3, 0.4) is 0 Å². The van der Waals surface area contributed by atoms with Crippen LogP contribution in [0.4, 0.5) is 0 Å².